The van der Waals surface area contributed by atoms with Crippen molar-refractivity contribution in [3.8, 4) is 12.8 Å². The lowest BCUT2D eigenvalue weighted by Crippen LogP contribution is -2.04. The summed E-state index contributed by atoms with van der Waals surface area (Å²) in [5.74, 6) is 0. The molecule has 1 saturated heterocycles. The fourth-order valence-corrected chi connectivity index (χ4v) is 1.72. The molecule has 3 nitrogen and oxygen atoms in total. The first-order valence-corrected chi connectivity index (χ1v) is 7.04. The molecular formula is C16H30O3. The summed E-state index contributed by atoms with van der Waals surface area (Å²) in [6.07, 6.45) is 14.0. The highest BCUT2D eigenvalue weighted by molar-refractivity contribution is 5.01. The molecule has 112 valence electrons. The number of aliphatic hydroxyl groups is 2. The first kappa shape index (κ1) is 20.5. The summed E-state index contributed by atoms with van der Waals surface area (Å²) in [6.45, 7) is 8.90. The van der Waals surface area contributed by atoms with Crippen LogP contribution in [0, 0.1) is 12.8 Å². The third-order valence-electron chi connectivity index (χ3n) is 2.82. The maximum Gasteiger partial charge on any atom is 0.0679 e. The zero-order chi connectivity index (χ0) is 15.1. The van der Waals surface area contributed by atoms with E-state index < -0.39 is 0 Å². The van der Waals surface area contributed by atoms with Crippen LogP contribution in [-0.4, -0.2) is 35.6 Å². The standard InChI is InChI=1S/C8H14O2.C6H14O.C2H2/c1-7-5-8(10-6-7)3-2-4-9;1-3-5-6(7)4-2;1-2/h8-9H,1-6H2;6-7H,3-5H2,1-2H3;1-2H. The Morgan fingerprint density at radius 2 is 2.05 bits per heavy atom. The summed E-state index contributed by atoms with van der Waals surface area (Å²) in [5, 5.41) is 17.4. The molecule has 0 spiro atoms. The number of hydrogen-bond donors (Lipinski definition) is 2. The summed E-state index contributed by atoms with van der Waals surface area (Å²) in [4.78, 5) is 0. The van der Waals surface area contributed by atoms with Crippen LogP contribution in [0.1, 0.15) is 52.4 Å². The van der Waals surface area contributed by atoms with Gasteiger partial charge in [-0.2, -0.15) is 0 Å². The third kappa shape index (κ3) is 13.4. The lowest BCUT2D eigenvalue weighted by Gasteiger charge is -2.05. The molecule has 0 radical (unpaired) electrons. The van der Waals surface area contributed by atoms with E-state index in [-0.39, 0.29) is 12.7 Å². The normalized spacial score (nSPS) is 18.8. The van der Waals surface area contributed by atoms with Gasteiger partial charge in [-0.25, -0.2) is 0 Å². The lowest BCUT2D eigenvalue weighted by atomic mass is 10.1. The van der Waals surface area contributed by atoms with E-state index in [4.69, 9.17) is 14.9 Å². The topological polar surface area (TPSA) is 49.7 Å². The van der Waals surface area contributed by atoms with Gasteiger partial charge >= 0.3 is 0 Å². The van der Waals surface area contributed by atoms with Crippen molar-refractivity contribution >= 4 is 0 Å². The molecule has 2 N–H and O–H groups in total. The van der Waals surface area contributed by atoms with Crippen LogP contribution < -0.4 is 0 Å². The molecule has 0 aromatic rings. The van der Waals surface area contributed by atoms with Gasteiger partial charge in [-0.15, -0.1) is 12.8 Å². The van der Waals surface area contributed by atoms with Crippen molar-refractivity contribution in [1.82, 2.24) is 0 Å². The highest BCUT2D eigenvalue weighted by Crippen LogP contribution is 2.20. The van der Waals surface area contributed by atoms with Crippen LogP contribution in [0.3, 0.4) is 0 Å². The van der Waals surface area contributed by atoms with Crippen LogP contribution in [0.4, 0.5) is 0 Å². The Bertz CT molecular complexity index is 223. The average Bonchev–Trinajstić information content (AvgIpc) is 2.85. The second-order valence-corrected chi connectivity index (χ2v) is 4.60. The van der Waals surface area contributed by atoms with Crippen LogP contribution >= 0.6 is 0 Å². The van der Waals surface area contributed by atoms with Gasteiger partial charge in [-0.3, -0.25) is 0 Å². The Morgan fingerprint density at radius 3 is 2.37 bits per heavy atom. The van der Waals surface area contributed by atoms with Gasteiger partial charge in [0.05, 0.1) is 18.8 Å². The Labute approximate surface area is 118 Å². The van der Waals surface area contributed by atoms with Crippen molar-refractivity contribution in [2.75, 3.05) is 13.2 Å². The fraction of sp³-hybridized carbons (Fsp3) is 0.750. The van der Waals surface area contributed by atoms with Crippen LogP contribution in [0.15, 0.2) is 12.2 Å². The van der Waals surface area contributed by atoms with E-state index in [0.29, 0.717) is 6.10 Å². The van der Waals surface area contributed by atoms with E-state index >= 15 is 0 Å². The SMILES string of the molecule is C#C.C=C1COC(CCCO)C1.CCCC(O)CC. The molecule has 0 aromatic carbocycles. The van der Waals surface area contributed by atoms with Crippen LogP contribution in [0.2, 0.25) is 0 Å². The predicted octanol–water partition coefficient (Wildman–Crippen LogP) is 2.91. The van der Waals surface area contributed by atoms with Crippen molar-refractivity contribution in [3.05, 3.63) is 12.2 Å². The van der Waals surface area contributed by atoms with Crippen LogP contribution in [-0.2, 0) is 4.74 Å². The minimum atomic E-state index is -0.0509. The second-order valence-electron chi connectivity index (χ2n) is 4.60. The highest BCUT2D eigenvalue weighted by atomic mass is 16.5. The molecule has 0 aromatic heterocycles. The zero-order valence-corrected chi connectivity index (χ0v) is 12.5. The van der Waals surface area contributed by atoms with E-state index in [1.54, 1.807) is 0 Å². The quantitative estimate of drug-likeness (QED) is 0.576. The fourth-order valence-electron chi connectivity index (χ4n) is 1.72. The van der Waals surface area contributed by atoms with Gasteiger partial charge in [0.25, 0.3) is 0 Å². The van der Waals surface area contributed by atoms with Gasteiger partial charge < -0.3 is 14.9 Å². The second kappa shape index (κ2) is 15.2. The maximum atomic E-state index is 8.86. The summed E-state index contributed by atoms with van der Waals surface area (Å²) < 4.78 is 5.36. The van der Waals surface area contributed by atoms with Crippen molar-refractivity contribution in [2.45, 2.75) is 64.6 Å². The average molecular weight is 270 g/mol. The van der Waals surface area contributed by atoms with Crippen molar-refractivity contribution in [1.29, 1.82) is 0 Å². The van der Waals surface area contributed by atoms with Gasteiger partial charge in [0.1, 0.15) is 0 Å². The van der Waals surface area contributed by atoms with Crippen molar-refractivity contribution in [3.63, 3.8) is 0 Å². The van der Waals surface area contributed by atoms with E-state index in [9.17, 15) is 0 Å². The third-order valence-corrected chi connectivity index (χ3v) is 2.82. The molecule has 1 heterocycles. The molecule has 2 atom stereocenters. The molecule has 0 aliphatic carbocycles. The van der Waals surface area contributed by atoms with Crippen molar-refractivity contribution in [2.24, 2.45) is 0 Å². The van der Waals surface area contributed by atoms with E-state index in [0.717, 1.165) is 45.1 Å². The van der Waals surface area contributed by atoms with E-state index in [2.05, 4.69) is 26.3 Å². The Balaban J connectivity index is 0. The minimum absolute atomic E-state index is 0.0509. The molecule has 0 amide bonds. The molecule has 1 aliphatic heterocycles. The summed E-state index contributed by atoms with van der Waals surface area (Å²) >= 11 is 0. The molecule has 2 unspecified atom stereocenters. The zero-order valence-electron chi connectivity index (χ0n) is 12.5. The minimum Gasteiger partial charge on any atom is -0.396 e. The molecular weight excluding hydrogens is 240 g/mol. The Hall–Kier alpha value is -0.820. The summed E-state index contributed by atoms with van der Waals surface area (Å²) in [6, 6.07) is 0. The molecule has 1 fully saturated rings. The van der Waals surface area contributed by atoms with Crippen molar-refractivity contribution < 1.29 is 14.9 Å². The van der Waals surface area contributed by atoms with Gasteiger partial charge in [-0.05, 0) is 37.7 Å². The lowest BCUT2D eigenvalue weighted by molar-refractivity contribution is 0.0990. The number of terminal acetylenes is 1. The van der Waals surface area contributed by atoms with Crippen LogP contribution in [0.25, 0.3) is 0 Å². The highest BCUT2D eigenvalue weighted by Gasteiger charge is 2.17. The molecule has 19 heavy (non-hydrogen) atoms. The maximum absolute atomic E-state index is 8.86. The largest absolute Gasteiger partial charge is 0.396 e. The smallest absolute Gasteiger partial charge is 0.0679 e. The molecule has 1 rings (SSSR count). The molecule has 3 heteroatoms. The summed E-state index contributed by atoms with van der Waals surface area (Å²) in [7, 11) is 0. The number of hydrogen-bond acceptors (Lipinski definition) is 3. The van der Waals surface area contributed by atoms with E-state index in [1.807, 2.05) is 6.92 Å². The predicted molar refractivity (Wildman–Crippen MR) is 80.9 cm³/mol. The monoisotopic (exact) mass is 270 g/mol. The molecule has 0 bridgehead atoms. The van der Waals surface area contributed by atoms with Gasteiger partial charge in [0.2, 0.25) is 0 Å². The first-order valence-electron chi connectivity index (χ1n) is 7.04. The van der Waals surface area contributed by atoms with E-state index in [1.165, 1.54) is 5.57 Å². The van der Waals surface area contributed by atoms with Crippen LogP contribution in [0.5, 0.6) is 0 Å². The van der Waals surface area contributed by atoms with Gasteiger partial charge in [0.15, 0.2) is 0 Å². The van der Waals surface area contributed by atoms with Gasteiger partial charge in [-0.1, -0.05) is 26.8 Å². The number of aliphatic hydroxyl groups excluding tert-OH is 2. The summed E-state index contributed by atoms with van der Waals surface area (Å²) in [5.41, 5.74) is 1.18. The Kier molecular flexibility index (Phi) is 16.4. The number of ether oxygens (including phenoxy) is 1. The molecule has 0 saturated carbocycles. The first-order chi connectivity index (χ1) is 9.13. The van der Waals surface area contributed by atoms with Gasteiger partial charge in [0, 0.05) is 6.61 Å². The molecule has 1 aliphatic rings. The number of rotatable bonds is 6. The Morgan fingerprint density at radius 1 is 1.42 bits per heavy atom.